The van der Waals surface area contributed by atoms with E-state index in [1.165, 1.54) is 0 Å². The molecular weight excluding hydrogens is 408 g/mol. The normalized spacial score (nSPS) is 19.4. The Morgan fingerprint density at radius 2 is 2.03 bits per heavy atom. The zero-order chi connectivity index (χ0) is 22.8. The summed E-state index contributed by atoms with van der Waals surface area (Å²) in [6, 6.07) is 9.27. The fraction of sp³-hybridized carbons (Fsp3) is 0.440. The maximum absolute atomic E-state index is 11.3. The third kappa shape index (κ3) is 4.36. The highest BCUT2D eigenvalue weighted by atomic mass is 16.5. The number of oxazole rings is 1. The largest absolute Gasteiger partial charge is 0.496 e. The van der Waals surface area contributed by atoms with Crippen molar-refractivity contribution in [2.45, 2.75) is 52.3 Å². The Balaban J connectivity index is 1.71. The number of fused-ring (bicyclic) bond motifs is 1. The maximum atomic E-state index is 11.3. The highest BCUT2D eigenvalue weighted by Gasteiger charge is 2.31. The topological polar surface area (TPSA) is 85.0 Å². The fourth-order valence-corrected chi connectivity index (χ4v) is 4.66. The number of nitrogens with zero attached hydrogens (tertiary/aromatic N) is 2. The average molecular weight is 439 g/mol. The summed E-state index contributed by atoms with van der Waals surface area (Å²) in [4.78, 5) is 18.4. The van der Waals surface area contributed by atoms with Crippen LogP contribution < -0.4 is 4.74 Å². The van der Waals surface area contributed by atoms with Gasteiger partial charge in [-0.3, -0.25) is 4.90 Å². The molecule has 3 aromatic rings. The third-order valence-corrected chi connectivity index (χ3v) is 6.21. The molecule has 0 spiro atoms. The molecule has 1 aliphatic heterocycles. The molecule has 0 saturated carbocycles. The molecule has 1 N–H and O–H groups in total. The van der Waals surface area contributed by atoms with Crippen LogP contribution in [0.4, 0.5) is 0 Å². The van der Waals surface area contributed by atoms with Gasteiger partial charge in [-0.25, -0.2) is 9.78 Å². The molecule has 7 nitrogen and oxygen atoms in total. The van der Waals surface area contributed by atoms with Crippen LogP contribution in [0.2, 0.25) is 0 Å². The Labute approximate surface area is 188 Å². The molecule has 1 aromatic heterocycles. The van der Waals surface area contributed by atoms with E-state index in [2.05, 4.69) is 9.88 Å². The van der Waals surface area contributed by atoms with Crippen molar-refractivity contribution in [1.29, 1.82) is 0 Å². The molecule has 2 atom stereocenters. The van der Waals surface area contributed by atoms with Crippen LogP contribution in [0.15, 0.2) is 34.7 Å². The van der Waals surface area contributed by atoms with Gasteiger partial charge in [-0.2, -0.15) is 0 Å². The molecule has 1 aliphatic rings. The van der Waals surface area contributed by atoms with Crippen molar-refractivity contribution in [3.8, 4) is 5.75 Å². The highest BCUT2D eigenvalue weighted by molar-refractivity contribution is 5.87. The van der Waals surface area contributed by atoms with Crippen molar-refractivity contribution in [1.82, 2.24) is 9.88 Å². The predicted octanol–water partition coefficient (Wildman–Crippen LogP) is 4.89. The number of piperidine rings is 1. The first-order valence-corrected chi connectivity index (χ1v) is 11.0. The van der Waals surface area contributed by atoms with Crippen LogP contribution in [-0.2, 0) is 11.3 Å². The Hall–Kier alpha value is -2.90. The van der Waals surface area contributed by atoms with Gasteiger partial charge in [-0.1, -0.05) is 12.1 Å². The molecular formula is C25H30N2O5. The van der Waals surface area contributed by atoms with Crippen LogP contribution in [0.3, 0.4) is 0 Å². The van der Waals surface area contributed by atoms with Gasteiger partial charge in [-0.15, -0.1) is 0 Å². The van der Waals surface area contributed by atoms with E-state index in [1.807, 2.05) is 39.0 Å². The summed E-state index contributed by atoms with van der Waals surface area (Å²) in [6.45, 7) is 8.06. The predicted molar refractivity (Wildman–Crippen MR) is 121 cm³/mol. The van der Waals surface area contributed by atoms with Crippen LogP contribution in [-0.4, -0.2) is 47.3 Å². The first-order chi connectivity index (χ1) is 15.4. The van der Waals surface area contributed by atoms with Crippen molar-refractivity contribution in [2.24, 2.45) is 0 Å². The first kappa shape index (κ1) is 22.3. The Morgan fingerprint density at radius 1 is 1.28 bits per heavy atom. The van der Waals surface area contributed by atoms with Crippen LogP contribution in [0.1, 0.15) is 58.7 Å². The van der Waals surface area contributed by atoms with E-state index in [-0.39, 0.29) is 17.7 Å². The average Bonchev–Trinajstić information content (AvgIpc) is 3.19. The summed E-state index contributed by atoms with van der Waals surface area (Å²) in [5.41, 5.74) is 5.01. The van der Waals surface area contributed by atoms with E-state index < -0.39 is 5.97 Å². The lowest BCUT2D eigenvalue weighted by Gasteiger charge is -2.40. The molecule has 0 amide bonds. The summed E-state index contributed by atoms with van der Waals surface area (Å²) in [5, 5.41) is 9.27. The molecule has 2 heterocycles. The number of benzene rings is 2. The summed E-state index contributed by atoms with van der Waals surface area (Å²) < 4.78 is 17.5. The standard InChI is InChI=1S/C25H30N2O5/c1-5-31-19-10-11-27(21(13-19)17-6-8-18(9-7-17)25(28)29)14-20-22(30-4)12-15(2)24-23(20)26-16(3)32-24/h6-9,12,19,21H,5,10-11,13-14H2,1-4H3,(H,28,29)/t19-,21-/m0/s1. The lowest BCUT2D eigenvalue weighted by molar-refractivity contribution is -0.0138. The quantitative estimate of drug-likeness (QED) is 0.562. The number of aromatic nitrogens is 1. The Morgan fingerprint density at radius 3 is 2.69 bits per heavy atom. The number of hydrogen-bond acceptors (Lipinski definition) is 6. The summed E-state index contributed by atoms with van der Waals surface area (Å²) in [6.07, 6.45) is 1.96. The number of hydrogen-bond donors (Lipinski definition) is 1. The number of carbonyl (C=O) groups is 1. The smallest absolute Gasteiger partial charge is 0.335 e. The number of rotatable bonds is 7. The molecule has 0 unspecified atom stereocenters. The van der Waals surface area contributed by atoms with Crippen molar-refractivity contribution in [2.75, 3.05) is 20.3 Å². The molecule has 1 saturated heterocycles. The van der Waals surface area contributed by atoms with Gasteiger partial charge in [0.25, 0.3) is 0 Å². The van der Waals surface area contributed by atoms with Crippen LogP contribution in [0.5, 0.6) is 5.75 Å². The molecule has 4 rings (SSSR count). The molecule has 0 bridgehead atoms. The number of methoxy groups -OCH3 is 1. The molecule has 32 heavy (non-hydrogen) atoms. The van der Waals surface area contributed by atoms with E-state index >= 15 is 0 Å². The fourth-order valence-electron chi connectivity index (χ4n) is 4.66. The summed E-state index contributed by atoms with van der Waals surface area (Å²) in [5.74, 6) is 0.515. The third-order valence-electron chi connectivity index (χ3n) is 6.21. The van der Waals surface area contributed by atoms with Crippen molar-refractivity contribution < 1.29 is 23.8 Å². The number of carboxylic acids is 1. The van der Waals surface area contributed by atoms with Crippen LogP contribution >= 0.6 is 0 Å². The second kappa shape index (κ2) is 9.30. The van der Waals surface area contributed by atoms with E-state index in [0.29, 0.717) is 19.0 Å². The van der Waals surface area contributed by atoms with E-state index in [0.717, 1.165) is 52.9 Å². The van der Waals surface area contributed by atoms with Crippen LogP contribution in [0.25, 0.3) is 11.1 Å². The second-order valence-electron chi connectivity index (χ2n) is 8.30. The van der Waals surface area contributed by atoms with E-state index in [9.17, 15) is 9.90 Å². The molecule has 170 valence electrons. The maximum Gasteiger partial charge on any atom is 0.335 e. The highest BCUT2D eigenvalue weighted by Crippen LogP contribution is 2.38. The second-order valence-corrected chi connectivity index (χ2v) is 8.30. The number of aromatic carboxylic acids is 1. The minimum atomic E-state index is -0.919. The van der Waals surface area contributed by atoms with Gasteiger partial charge >= 0.3 is 5.97 Å². The monoisotopic (exact) mass is 438 g/mol. The van der Waals surface area contributed by atoms with Gasteiger partial charge in [0.1, 0.15) is 11.3 Å². The van der Waals surface area contributed by atoms with Crippen LogP contribution in [0, 0.1) is 13.8 Å². The van der Waals surface area contributed by atoms with Gasteiger partial charge in [0, 0.05) is 38.2 Å². The summed E-state index contributed by atoms with van der Waals surface area (Å²) >= 11 is 0. The Kier molecular flexibility index (Phi) is 6.48. The van der Waals surface area contributed by atoms with Gasteiger partial charge < -0.3 is 19.0 Å². The van der Waals surface area contributed by atoms with E-state index in [1.54, 1.807) is 19.2 Å². The number of ether oxygens (including phenoxy) is 2. The van der Waals surface area contributed by atoms with Gasteiger partial charge in [0.05, 0.1) is 18.8 Å². The molecule has 1 fully saturated rings. The molecule has 7 heteroatoms. The summed E-state index contributed by atoms with van der Waals surface area (Å²) in [7, 11) is 1.68. The number of likely N-dealkylation sites (tertiary alicyclic amines) is 1. The van der Waals surface area contributed by atoms with Gasteiger partial charge in [0.2, 0.25) is 0 Å². The molecule has 0 radical (unpaired) electrons. The lowest BCUT2D eigenvalue weighted by atomic mass is 9.91. The number of aryl methyl sites for hydroxylation is 2. The SMILES string of the molecule is CCO[C@H]1CCN(Cc2c(OC)cc(C)c3oc(C)nc23)[C@H](c2ccc(C(=O)O)cc2)C1. The zero-order valence-corrected chi connectivity index (χ0v) is 19.1. The minimum absolute atomic E-state index is 0.0946. The van der Waals surface area contributed by atoms with Gasteiger partial charge in [0.15, 0.2) is 11.5 Å². The van der Waals surface area contributed by atoms with Gasteiger partial charge in [-0.05, 0) is 56.0 Å². The van der Waals surface area contributed by atoms with Crippen molar-refractivity contribution >= 4 is 17.1 Å². The number of carboxylic acid groups (broad SMARTS) is 1. The van der Waals surface area contributed by atoms with E-state index in [4.69, 9.17) is 13.9 Å². The van der Waals surface area contributed by atoms with Crippen molar-refractivity contribution in [3.63, 3.8) is 0 Å². The lowest BCUT2D eigenvalue weighted by Crippen LogP contribution is -2.39. The minimum Gasteiger partial charge on any atom is -0.496 e. The Bertz CT molecular complexity index is 1110. The first-order valence-electron chi connectivity index (χ1n) is 11.0. The molecule has 2 aromatic carbocycles. The van der Waals surface area contributed by atoms with Crippen molar-refractivity contribution in [3.05, 3.63) is 58.5 Å². The zero-order valence-electron chi connectivity index (χ0n) is 19.1. The molecule has 0 aliphatic carbocycles.